The Morgan fingerprint density at radius 2 is 2.07 bits per heavy atom. The molecule has 1 heterocycles. The molecule has 0 aliphatic heterocycles. The number of hydrogen-bond donors (Lipinski definition) is 1. The summed E-state index contributed by atoms with van der Waals surface area (Å²) >= 11 is 8.71. The second-order valence-electron chi connectivity index (χ2n) is 3.02. The lowest BCUT2D eigenvalue weighted by molar-refractivity contribution is 0.979. The van der Waals surface area contributed by atoms with E-state index in [0.29, 0.717) is 0 Å². The lowest BCUT2D eigenvalue weighted by atomic mass is 10.3. The van der Waals surface area contributed by atoms with Crippen molar-refractivity contribution in [1.29, 1.82) is 0 Å². The van der Waals surface area contributed by atoms with Gasteiger partial charge in [-0.3, -0.25) is 4.57 Å². The quantitative estimate of drug-likeness (QED) is 0.784. The summed E-state index contributed by atoms with van der Waals surface area (Å²) in [5.41, 5.74) is 2.16. The summed E-state index contributed by atoms with van der Waals surface area (Å²) in [6.45, 7) is 2.02. The van der Waals surface area contributed by atoms with Crippen LogP contribution in [0.5, 0.6) is 0 Å². The Labute approximate surface area is 95.7 Å². The normalized spacial score (nSPS) is 10.4. The molecule has 0 amide bonds. The van der Waals surface area contributed by atoms with Crippen molar-refractivity contribution >= 4 is 28.1 Å². The fourth-order valence-electron chi connectivity index (χ4n) is 1.39. The predicted molar refractivity (Wildman–Crippen MR) is 63.4 cm³/mol. The third-order valence-electron chi connectivity index (χ3n) is 2.05. The maximum absolute atomic E-state index is 5.20. The first-order valence-corrected chi connectivity index (χ1v) is 5.42. The number of rotatable bonds is 1. The molecule has 2 rings (SSSR count). The van der Waals surface area contributed by atoms with Crippen LogP contribution in [0, 0.1) is 11.7 Å². The van der Waals surface area contributed by atoms with Crippen LogP contribution >= 0.6 is 28.1 Å². The fraction of sp³-hybridized carbons (Fsp3) is 0.100. The molecular formula is C10H9BrN2S. The molecule has 72 valence electrons. The first-order chi connectivity index (χ1) is 6.70. The third kappa shape index (κ3) is 1.55. The zero-order chi connectivity index (χ0) is 10.1. The molecule has 14 heavy (non-hydrogen) atoms. The fourth-order valence-corrected chi connectivity index (χ4v) is 2.15. The minimum Gasteiger partial charge on any atom is -0.337 e. The number of nitrogens with zero attached hydrogens (tertiary/aromatic N) is 1. The maximum Gasteiger partial charge on any atom is 0.182 e. The van der Waals surface area contributed by atoms with Gasteiger partial charge in [-0.05, 0) is 47.2 Å². The number of benzene rings is 1. The summed E-state index contributed by atoms with van der Waals surface area (Å²) in [6, 6.07) is 8.01. The van der Waals surface area contributed by atoms with Gasteiger partial charge in [-0.25, -0.2) is 0 Å². The molecule has 0 radical (unpaired) electrons. The Balaban J connectivity index is 2.72. The number of aromatic amines is 1. The van der Waals surface area contributed by atoms with Crippen LogP contribution in [0.2, 0.25) is 0 Å². The van der Waals surface area contributed by atoms with E-state index in [-0.39, 0.29) is 0 Å². The van der Waals surface area contributed by atoms with Crippen molar-refractivity contribution in [2.75, 3.05) is 0 Å². The number of para-hydroxylation sites is 1. The summed E-state index contributed by atoms with van der Waals surface area (Å²) in [4.78, 5) is 3.02. The van der Waals surface area contributed by atoms with Gasteiger partial charge in [0.25, 0.3) is 0 Å². The van der Waals surface area contributed by atoms with Crippen molar-refractivity contribution in [2.24, 2.45) is 0 Å². The molecule has 1 aromatic heterocycles. The minimum absolute atomic E-state index is 0.717. The molecule has 0 aliphatic carbocycles. The summed E-state index contributed by atoms with van der Waals surface area (Å²) in [7, 11) is 0. The molecule has 0 aliphatic rings. The number of aromatic nitrogens is 2. The molecule has 2 nitrogen and oxygen atoms in total. The van der Waals surface area contributed by atoms with Crippen molar-refractivity contribution in [3.63, 3.8) is 0 Å². The molecule has 4 heteroatoms. The van der Waals surface area contributed by atoms with Gasteiger partial charge in [0.1, 0.15) is 0 Å². The van der Waals surface area contributed by atoms with E-state index in [9.17, 15) is 0 Å². The summed E-state index contributed by atoms with van der Waals surface area (Å²) in [5.74, 6) is 0. The van der Waals surface area contributed by atoms with Crippen LogP contribution in [0.3, 0.4) is 0 Å². The van der Waals surface area contributed by atoms with Crippen LogP contribution in [-0.2, 0) is 0 Å². The smallest absolute Gasteiger partial charge is 0.182 e. The summed E-state index contributed by atoms with van der Waals surface area (Å²) in [5, 5.41) is 0. The van der Waals surface area contributed by atoms with Crippen molar-refractivity contribution in [1.82, 2.24) is 9.55 Å². The highest BCUT2D eigenvalue weighted by molar-refractivity contribution is 9.10. The van der Waals surface area contributed by atoms with Gasteiger partial charge in [-0.2, -0.15) is 0 Å². The zero-order valence-corrected chi connectivity index (χ0v) is 10.0. The van der Waals surface area contributed by atoms with E-state index >= 15 is 0 Å². The van der Waals surface area contributed by atoms with Crippen LogP contribution in [0.4, 0.5) is 0 Å². The van der Waals surface area contributed by atoms with Gasteiger partial charge < -0.3 is 4.98 Å². The van der Waals surface area contributed by atoms with Crippen LogP contribution in [0.25, 0.3) is 5.69 Å². The number of hydrogen-bond acceptors (Lipinski definition) is 1. The molecule has 2 aromatic rings. The van der Waals surface area contributed by atoms with Gasteiger partial charge >= 0.3 is 0 Å². The summed E-state index contributed by atoms with van der Waals surface area (Å²) in [6.07, 6.45) is 1.90. The largest absolute Gasteiger partial charge is 0.337 e. The van der Waals surface area contributed by atoms with E-state index in [4.69, 9.17) is 12.2 Å². The first-order valence-electron chi connectivity index (χ1n) is 4.22. The number of halogens is 1. The average Bonchev–Trinajstić information content (AvgIpc) is 2.48. The average molecular weight is 269 g/mol. The Kier molecular flexibility index (Phi) is 2.56. The van der Waals surface area contributed by atoms with Crippen LogP contribution in [0.15, 0.2) is 34.9 Å². The van der Waals surface area contributed by atoms with Gasteiger partial charge in [0.05, 0.1) is 5.69 Å². The second-order valence-corrected chi connectivity index (χ2v) is 4.26. The van der Waals surface area contributed by atoms with E-state index in [1.54, 1.807) is 0 Å². The van der Waals surface area contributed by atoms with E-state index in [0.717, 1.165) is 20.6 Å². The lowest BCUT2D eigenvalue weighted by Gasteiger charge is -2.06. The Bertz CT molecular complexity index is 513. The molecule has 1 N–H and O–H groups in total. The highest BCUT2D eigenvalue weighted by Crippen LogP contribution is 2.21. The van der Waals surface area contributed by atoms with Crippen molar-refractivity contribution in [3.8, 4) is 5.69 Å². The van der Waals surface area contributed by atoms with Gasteiger partial charge in [-0.15, -0.1) is 0 Å². The van der Waals surface area contributed by atoms with Gasteiger partial charge in [0.15, 0.2) is 4.77 Å². The number of imidazole rings is 1. The second kappa shape index (κ2) is 3.71. The van der Waals surface area contributed by atoms with Gasteiger partial charge in [-0.1, -0.05) is 12.1 Å². The highest BCUT2D eigenvalue weighted by atomic mass is 79.9. The van der Waals surface area contributed by atoms with Crippen molar-refractivity contribution < 1.29 is 0 Å². The molecule has 0 fully saturated rings. The Morgan fingerprint density at radius 3 is 2.64 bits per heavy atom. The topological polar surface area (TPSA) is 20.7 Å². The van der Waals surface area contributed by atoms with Crippen LogP contribution < -0.4 is 0 Å². The third-order valence-corrected chi connectivity index (χ3v) is 3.02. The number of aryl methyl sites for hydroxylation is 1. The van der Waals surface area contributed by atoms with E-state index in [2.05, 4.69) is 20.9 Å². The Hall–Kier alpha value is -0.870. The molecule has 0 saturated carbocycles. The summed E-state index contributed by atoms with van der Waals surface area (Å²) < 4.78 is 3.76. The van der Waals surface area contributed by atoms with E-state index in [1.807, 2.05) is 42.0 Å². The van der Waals surface area contributed by atoms with E-state index in [1.165, 1.54) is 0 Å². The predicted octanol–water partition coefficient (Wildman–Crippen LogP) is 3.61. The first kappa shape index (κ1) is 9.68. The molecule has 0 atom stereocenters. The van der Waals surface area contributed by atoms with Crippen molar-refractivity contribution in [2.45, 2.75) is 6.92 Å². The molecule has 0 saturated heterocycles. The van der Waals surface area contributed by atoms with Gasteiger partial charge in [0.2, 0.25) is 0 Å². The highest BCUT2D eigenvalue weighted by Gasteiger charge is 2.04. The maximum atomic E-state index is 5.20. The lowest BCUT2D eigenvalue weighted by Crippen LogP contribution is -1.96. The monoisotopic (exact) mass is 268 g/mol. The molecule has 0 bridgehead atoms. The number of H-pyrrole nitrogens is 1. The standard InChI is InChI=1S/C10H9BrN2S/c1-7-6-12-10(14)13(7)9-5-3-2-4-8(9)11/h2-6H,1H3,(H,12,14). The van der Waals surface area contributed by atoms with Crippen LogP contribution in [0.1, 0.15) is 5.69 Å². The van der Waals surface area contributed by atoms with E-state index < -0.39 is 0 Å². The van der Waals surface area contributed by atoms with Crippen LogP contribution in [-0.4, -0.2) is 9.55 Å². The zero-order valence-electron chi connectivity index (χ0n) is 7.62. The minimum atomic E-state index is 0.717. The number of nitrogens with one attached hydrogen (secondary N) is 1. The Morgan fingerprint density at radius 1 is 1.36 bits per heavy atom. The molecule has 1 aromatic carbocycles. The molecule has 0 spiro atoms. The SMILES string of the molecule is Cc1c[nH]c(=S)n1-c1ccccc1Br. The van der Waals surface area contributed by atoms with Gasteiger partial charge in [0, 0.05) is 16.4 Å². The molecular weight excluding hydrogens is 260 g/mol. The van der Waals surface area contributed by atoms with Crippen molar-refractivity contribution in [3.05, 3.63) is 45.4 Å². The molecule has 0 unspecified atom stereocenters.